The van der Waals surface area contributed by atoms with Gasteiger partial charge in [0.15, 0.2) is 5.75 Å². The number of nitrogens with zero attached hydrogens (tertiary/aromatic N) is 3. The molecule has 0 atom stereocenters. The van der Waals surface area contributed by atoms with Crippen LogP contribution in [0.2, 0.25) is 15.1 Å². The largest absolute Gasteiger partial charge is 0.489 e. The quantitative estimate of drug-likeness (QED) is 0.317. The molecule has 184 valence electrons. The summed E-state index contributed by atoms with van der Waals surface area (Å²) in [4.78, 5) is 17.9. The second-order valence-corrected chi connectivity index (χ2v) is 9.57. The molecule has 0 bridgehead atoms. The smallest absolute Gasteiger partial charge is 0.329 e. The van der Waals surface area contributed by atoms with Gasteiger partial charge in [0.05, 0.1) is 16.6 Å². The van der Waals surface area contributed by atoms with Gasteiger partial charge in [-0.05, 0) is 24.1 Å². The van der Waals surface area contributed by atoms with E-state index in [0.29, 0.717) is 39.5 Å². The minimum Gasteiger partial charge on any atom is -0.489 e. The van der Waals surface area contributed by atoms with E-state index in [1.54, 1.807) is 59.8 Å². The number of carbonyl (C=O) groups is 1. The summed E-state index contributed by atoms with van der Waals surface area (Å²) in [6.07, 6.45) is 5.48. The molecule has 1 aromatic heterocycles. The average molecular weight is 551 g/mol. The van der Waals surface area contributed by atoms with Gasteiger partial charge in [0.2, 0.25) is 0 Å². The highest BCUT2D eigenvalue weighted by Crippen LogP contribution is 2.35. The second-order valence-electron chi connectivity index (χ2n) is 6.96. The molecule has 0 aliphatic heterocycles. The molecule has 0 radical (unpaired) electrons. The van der Waals surface area contributed by atoms with Crippen molar-refractivity contribution in [1.29, 1.82) is 0 Å². The Morgan fingerprint density at radius 1 is 1.12 bits per heavy atom. The van der Waals surface area contributed by atoms with E-state index < -0.39 is 16.0 Å². The van der Waals surface area contributed by atoms with E-state index >= 15 is 0 Å². The topological polar surface area (TPSA) is 81.5 Å². The molecule has 0 spiro atoms. The van der Waals surface area contributed by atoms with E-state index in [4.69, 9.17) is 39.5 Å². The number of benzene rings is 2. The van der Waals surface area contributed by atoms with Crippen molar-refractivity contribution < 1.29 is 21.8 Å². The number of carbonyl (C=O) groups excluding carboxylic acids is 1. The summed E-state index contributed by atoms with van der Waals surface area (Å²) in [6.45, 7) is 3.28. The van der Waals surface area contributed by atoms with Crippen molar-refractivity contribution in [2.75, 3.05) is 19.7 Å². The maximum Gasteiger partial charge on any atom is 0.329 e. The molecule has 0 N–H and O–H groups in total. The van der Waals surface area contributed by atoms with Gasteiger partial charge in [-0.15, -0.1) is 3.89 Å². The minimum atomic E-state index is -4.38. The van der Waals surface area contributed by atoms with Gasteiger partial charge in [-0.2, -0.15) is 8.42 Å². The number of hydrogen-bond donors (Lipinski definition) is 0. The zero-order valence-electron chi connectivity index (χ0n) is 18.2. The van der Waals surface area contributed by atoms with Crippen LogP contribution >= 0.6 is 34.8 Å². The third kappa shape index (κ3) is 9.50. The Hall–Kier alpha value is -2.33. The Labute approximate surface area is 213 Å². The molecule has 0 unspecified atom stereocenters. The van der Waals surface area contributed by atoms with Crippen LogP contribution in [0.3, 0.4) is 0 Å². The normalized spacial score (nSPS) is 10.9. The Morgan fingerprint density at radius 2 is 1.76 bits per heavy atom. The zero-order chi connectivity index (χ0) is 25.1. The van der Waals surface area contributed by atoms with E-state index in [1.165, 1.54) is 10.9 Å². The summed E-state index contributed by atoms with van der Waals surface area (Å²) < 4.78 is 39.4. The summed E-state index contributed by atoms with van der Waals surface area (Å²) in [5.41, 5.74) is 0.468. The number of imidazole rings is 1. The van der Waals surface area contributed by atoms with Gasteiger partial charge in [-0.1, -0.05) is 72.1 Å². The number of hydrogen-bond acceptors (Lipinski definition) is 5. The highest BCUT2D eigenvalue weighted by molar-refractivity contribution is 7.85. The summed E-state index contributed by atoms with van der Waals surface area (Å²) in [6, 6.07) is 11.2. The predicted molar refractivity (Wildman–Crippen MR) is 132 cm³/mol. The summed E-state index contributed by atoms with van der Waals surface area (Å²) >= 11 is 18.0. The molecule has 12 heteroatoms. The Morgan fingerprint density at radius 3 is 2.29 bits per heavy atom. The van der Waals surface area contributed by atoms with Crippen molar-refractivity contribution in [2.45, 2.75) is 19.1 Å². The fourth-order valence-corrected chi connectivity index (χ4v) is 4.32. The lowest BCUT2D eigenvalue weighted by atomic mass is 10.2. The molecule has 1 amide bonds. The van der Waals surface area contributed by atoms with Gasteiger partial charge in [-0.25, -0.2) is 9.78 Å². The van der Waals surface area contributed by atoms with Crippen LogP contribution in [0.15, 0.2) is 61.2 Å². The molecule has 2 aromatic carbocycles. The molecule has 0 aliphatic rings. The van der Waals surface area contributed by atoms with E-state index in [0.717, 1.165) is 6.42 Å². The molecule has 7 nitrogen and oxygen atoms in total. The van der Waals surface area contributed by atoms with Crippen LogP contribution in [0.5, 0.6) is 5.75 Å². The zero-order valence-corrected chi connectivity index (χ0v) is 21.3. The molecular weight excluding hydrogens is 528 g/mol. The third-order valence-electron chi connectivity index (χ3n) is 4.24. The predicted octanol–water partition coefficient (Wildman–Crippen LogP) is 6.09. The minimum absolute atomic E-state index is 0.152. The summed E-state index contributed by atoms with van der Waals surface area (Å²) in [5.74, 6) is -0.169. The molecule has 0 fully saturated rings. The Kier molecular flexibility index (Phi) is 11.1. The molecule has 3 rings (SSSR count). The van der Waals surface area contributed by atoms with Crippen LogP contribution in [-0.4, -0.2) is 48.6 Å². The van der Waals surface area contributed by atoms with Gasteiger partial charge < -0.3 is 9.64 Å². The molecule has 3 aromatic rings. The van der Waals surface area contributed by atoms with Crippen LogP contribution in [0.1, 0.15) is 18.9 Å². The van der Waals surface area contributed by atoms with Crippen LogP contribution in [0.4, 0.5) is 8.68 Å². The van der Waals surface area contributed by atoms with Gasteiger partial charge in [0.1, 0.15) is 18.7 Å². The van der Waals surface area contributed by atoms with Gasteiger partial charge >= 0.3 is 16.3 Å². The fourth-order valence-electron chi connectivity index (χ4n) is 2.81. The van der Waals surface area contributed by atoms with Crippen molar-refractivity contribution >= 4 is 51.1 Å². The molecule has 0 saturated heterocycles. The van der Waals surface area contributed by atoms with Gasteiger partial charge in [-0.3, -0.25) is 4.57 Å². The van der Waals surface area contributed by atoms with Crippen molar-refractivity contribution in [1.82, 2.24) is 14.5 Å². The molecule has 0 aliphatic carbocycles. The van der Waals surface area contributed by atoms with Crippen molar-refractivity contribution in [3.63, 3.8) is 0 Å². The first-order chi connectivity index (χ1) is 16.1. The number of halogens is 4. The molecular formula is C22H23Cl3FN3O4S. The second kappa shape index (κ2) is 13.5. The maximum absolute atomic E-state index is 12.3. The SMILES string of the molecule is CCCN(CCOc1c(Cl)cc(Cl)cc1Cl)C(=O)n1ccnc1.O=S(=O)(F)Cc1ccccc1. The standard InChI is InChI=1S/C15H16Cl3N3O2.C7H7FO2S/c1-2-4-20(15(22)21-5-3-19-10-21)6-7-23-14-12(17)8-11(16)9-13(14)18;8-11(9,10)6-7-4-2-1-3-5-7/h3,5,8-10H,2,4,6-7H2,1H3;1-5H,6H2. The summed E-state index contributed by atoms with van der Waals surface area (Å²) in [5, 5.41) is 1.12. The first-order valence-electron chi connectivity index (χ1n) is 10.1. The molecule has 0 saturated carbocycles. The lowest BCUT2D eigenvalue weighted by Gasteiger charge is -2.22. The Bertz CT molecular complexity index is 1140. The van der Waals surface area contributed by atoms with Gasteiger partial charge in [0.25, 0.3) is 0 Å². The molecule has 1 heterocycles. The fraction of sp³-hybridized carbons (Fsp3) is 0.273. The van der Waals surface area contributed by atoms with Crippen molar-refractivity contribution in [3.8, 4) is 5.75 Å². The summed E-state index contributed by atoms with van der Waals surface area (Å²) in [7, 11) is -4.38. The highest BCUT2D eigenvalue weighted by atomic mass is 35.5. The molecule has 34 heavy (non-hydrogen) atoms. The van der Waals surface area contributed by atoms with Crippen LogP contribution < -0.4 is 4.74 Å². The first kappa shape index (κ1) is 27.9. The van der Waals surface area contributed by atoms with E-state index in [9.17, 15) is 17.1 Å². The lowest BCUT2D eigenvalue weighted by Crippen LogP contribution is -2.37. The number of amides is 1. The number of aromatic nitrogens is 2. The van der Waals surface area contributed by atoms with Crippen LogP contribution in [-0.2, 0) is 16.0 Å². The first-order valence-corrected chi connectivity index (χ1v) is 12.8. The average Bonchev–Trinajstić information content (AvgIpc) is 3.29. The van der Waals surface area contributed by atoms with Gasteiger partial charge in [0, 0.05) is 24.0 Å². The number of rotatable bonds is 8. The van der Waals surface area contributed by atoms with E-state index in [1.807, 2.05) is 6.92 Å². The van der Waals surface area contributed by atoms with Crippen molar-refractivity contribution in [2.24, 2.45) is 0 Å². The van der Waals surface area contributed by atoms with E-state index in [-0.39, 0.29) is 12.6 Å². The van der Waals surface area contributed by atoms with Crippen LogP contribution in [0, 0.1) is 0 Å². The highest BCUT2D eigenvalue weighted by Gasteiger charge is 2.15. The monoisotopic (exact) mass is 549 g/mol. The third-order valence-corrected chi connectivity index (χ3v) is 5.70. The lowest BCUT2D eigenvalue weighted by molar-refractivity contribution is 0.184. The number of ether oxygens (including phenoxy) is 1. The van der Waals surface area contributed by atoms with Crippen molar-refractivity contribution in [3.05, 3.63) is 81.8 Å². The Balaban J connectivity index is 0.000000310. The maximum atomic E-state index is 12.3. The van der Waals surface area contributed by atoms with E-state index in [2.05, 4.69) is 4.98 Å². The van der Waals surface area contributed by atoms with Crippen LogP contribution in [0.25, 0.3) is 0 Å².